The molecule has 0 bridgehead atoms. The van der Waals surface area contributed by atoms with Crippen molar-refractivity contribution < 1.29 is 8.76 Å². The molecule has 0 saturated carbocycles. The van der Waals surface area contributed by atoms with E-state index in [0.29, 0.717) is 0 Å². The maximum absolute atomic E-state index is 10.3. The molecule has 0 spiro atoms. The first-order valence-electron chi connectivity index (χ1n) is 2.69. The summed E-state index contributed by atoms with van der Waals surface area (Å²) in [5, 5.41) is 8.30. The third kappa shape index (κ3) is 1.83. The van der Waals surface area contributed by atoms with Crippen LogP contribution in [0.3, 0.4) is 0 Å². The Balaban J connectivity index is 3.03. The second-order valence-corrected chi connectivity index (χ2v) is 2.67. The number of hydrogen-bond acceptors (Lipinski definition) is 4. The third-order valence-electron chi connectivity index (χ3n) is 1.04. The van der Waals surface area contributed by atoms with Gasteiger partial charge in [-0.05, 0) is 23.2 Å². The first-order valence-corrected chi connectivity index (χ1v) is 3.77. The highest BCUT2D eigenvalue weighted by molar-refractivity contribution is 7.79. The van der Waals surface area contributed by atoms with Gasteiger partial charge in [-0.3, -0.25) is 4.21 Å². The Morgan fingerprint density at radius 2 is 2.36 bits per heavy atom. The van der Waals surface area contributed by atoms with E-state index in [-0.39, 0.29) is 10.6 Å². The van der Waals surface area contributed by atoms with Gasteiger partial charge >= 0.3 is 0 Å². The summed E-state index contributed by atoms with van der Waals surface area (Å²) in [4.78, 5) is 3.65. The molecule has 0 amide bonds. The Morgan fingerprint density at radius 1 is 1.64 bits per heavy atom. The molecule has 0 N–H and O–H groups in total. The summed E-state index contributed by atoms with van der Waals surface area (Å²) < 4.78 is 20.6. The molecular formula is C6H3N2O2S-. The molecule has 0 radical (unpaired) electrons. The molecule has 0 aliphatic carbocycles. The van der Waals surface area contributed by atoms with Gasteiger partial charge in [0.1, 0.15) is 11.8 Å². The predicted molar refractivity (Wildman–Crippen MR) is 36.1 cm³/mol. The molecule has 1 heterocycles. The van der Waals surface area contributed by atoms with E-state index in [4.69, 9.17) is 5.26 Å². The SMILES string of the molecule is N#Cc1ccc(S(=O)[O-])cn1. The zero-order valence-corrected chi connectivity index (χ0v) is 6.17. The van der Waals surface area contributed by atoms with Crippen molar-refractivity contribution in [2.75, 3.05) is 0 Å². The van der Waals surface area contributed by atoms with Gasteiger partial charge in [-0.25, -0.2) is 4.98 Å². The van der Waals surface area contributed by atoms with Crippen molar-refractivity contribution in [2.45, 2.75) is 4.90 Å². The zero-order chi connectivity index (χ0) is 8.27. The Hall–Kier alpha value is -1.25. The minimum Gasteiger partial charge on any atom is -0.768 e. The largest absolute Gasteiger partial charge is 0.768 e. The van der Waals surface area contributed by atoms with E-state index in [2.05, 4.69) is 4.98 Å². The Kier molecular flexibility index (Phi) is 2.31. The summed E-state index contributed by atoms with van der Waals surface area (Å²) in [6, 6.07) is 4.46. The fraction of sp³-hybridized carbons (Fsp3) is 0. The lowest BCUT2D eigenvalue weighted by molar-refractivity contribution is 0.536. The molecule has 0 aliphatic rings. The van der Waals surface area contributed by atoms with Gasteiger partial charge in [-0.1, -0.05) is 0 Å². The van der Waals surface area contributed by atoms with Crippen LogP contribution in [0.5, 0.6) is 0 Å². The molecule has 0 fully saturated rings. The van der Waals surface area contributed by atoms with Crippen LogP contribution in [-0.2, 0) is 11.1 Å². The molecule has 11 heavy (non-hydrogen) atoms. The lowest BCUT2D eigenvalue weighted by Crippen LogP contribution is -1.90. The van der Waals surface area contributed by atoms with Gasteiger partial charge in [-0.15, -0.1) is 0 Å². The lowest BCUT2D eigenvalue weighted by atomic mass is 10.4. The fourth-order valence-corrected chi connectivity index (χ4v) is 0.863. The summed E-state index contributed by atoms with van der Waals surface area (Å²) in [5.41, 5.74) is 0.208. The van der Waals surface area contributed by atoms with Crippen molar-refractivity contribution >= 4 is 11.1 Å². The van der Waals surface area contributed by atoms with Crippen molar-refractivity contribution in [1.29, 1.82) is 5.26 Å². The molecule has 4 nitrogen and oxygen atoms in total. The van der Waals surface area contributed by atoms with E-state index in [1.807, 2.05) is 0 Å². The minimum absolute atomic E-state index is 0.0870. The van der Waals surface area contributed by atoms with Crippen molar-refractivity contribution in [1.82, 2.24) is 4.98 Å². The summed E-state index contributed by atoms with van der Waals surface area (Å²) in [7, 11) is 0. The van der Waals surface area contributed by atoms with E-state index < -0.39 is 11.1 Å². The predicted octanol–water partition coefficient (Wildman–Crippen LogP) is 0.191. The summed E-state index contributed by atoms with van der Waals surface area (Å²) >= 11 is -2.26. The van der Waals surface area contributed by atoms with Crippen LogP contribution in [0.4, 0.5) is 0 Å². The molecule has 1 atom stereocenters. The van der Waals surface area contributed by atoms with E-state index in [1.165, 1.54) is 12.1 Å². The summed E-state index contributed by atoms with van der Waals surface area (Å²) in [5.74, 6) is 0. The van der Waals surface area contributed by atoms with Gasteiger partial charge in [0, 0.05) is 11.1 Å². The Morgan fingerprint density at radius 3 is 2.73 bits per heavy atom. The molecular weight excluding hydrogens is 164 g/mol. The second-order valence-electron chi connectivity index (χ2n) is 1.73. The first kappa shape index (κ1) is 7.85. The first-order chi connectivity index (χ1) is 5.24. The van der Waals surface area contributed by atoms with E-state index >= 15 is 0 Å². The van der Waals surface area contributed by atoms with Gasteiger partial charge in [0.15, 0.2) is 0 Å². The van der Waals surface area contributed by atoms with Crippen LogP contribution in [0.15, 0.2) is 23.2 Å². The van der Waals surface area contributed by atoms with Crippen molar-refractivity contribution in [3.63, 3.8) is 0 Å². The average molecular weight is 167 g/mol. The maximum atomic E-state index is 10.3. The maximum Gasteiger partial charge on any atom is 0.140 e. The molecule has 1 aromatic rings. The highest BCUT2D eigenvalue weighted by Gasteiger charge is 1.92. The quantitative estimate of drug-likeness (QED) is 0.559. The smallest absolute Gasteiger partial charge is 0.140 e. The number of rotatable bonds is 1. The number of pyridine rings is 1. The molecule has 1 unspecified atom stereocenters. The van der Waals surface area contributed by atoms with Crippen LogP contribution >= 0.6 is 0 Å². The molecule has 0 saturated heterocycles. The van der Waals surface area contributed by atoms with Crippen LogP contribution in [0.25, 0.3) is 0 Å². The van der Waals surface area contributed by atoms with Crippen molar-refractivity contribution in [3.05, 3.63) is 24.0 Å². The van der Waals surface area contributed by atoms with Gasteiger partial charge in [0.05, 0.1) is 0 Å². The molecule has 1 aromatic heterocycles. The summed E-state index contributed by atoms with van der Waals surface area (Å²) in [6.07, 6.45) is 1.14. The number of nitriles is 1. The highest BCUT2D eigenvalue weighted by Crippen LogP contribution is 2.02. The third-order valence-corrected chi connectivity index (χ3v) is 1.67. The van der Waals surface area contributed by atoms with Crippen LogP contribution in [0.2, 0.25) is 0 Å². The van der Waals surface area contributed by atoms with Crippen LogP contribution in [0.1, 0.15) is 5.69 Å². The highest BCUT2D eigenvalue weighted by atomic mass is 32.2. The van der Waals surface area contributed by atoms with E-state index in [1.54, 1.807) is 6.07 Å². The topological polar surface area (TPSA) is 76.8 Å². The number of nitrogens with zero attached hydrogens (tertiary/aromatic N) is 2. The average Bonchev–Trinajstić information content (AvgIpc) is 2.05. The van der Waals surface area contributed by atoms with Crippen LogP contribution in [-0.4, -0.2) is 13.7 Å². The van der Waals surface area contributed by atoms with Gasteiger partial charge in [-0.2, -0.15) is 5.26 Å². The monoisotopic (exact) mass is 167 g/mol. The molecule has 5 heteroatoms. The molecule has 56 valence electrons. The zero-order valence-electron chi connectivity index (χ0n) is 5.35. The van der Waals surface area contributed by atoms with Gasteiger partial charge in [0.2, 0.25) is 0 Å². The Bertz CT molecular complexity index is 314. The standard InChI is InChI=1S/C6H4N2O2S/c7-3-5-1-2-6(4-8-5)11(9)10/h1-2,4H,(H,9,10)/p-1. The van der Waals surface area contributed by atoms with Crippen LogP contribution in [0, 0.1) is 11.3 Å². The summed E-state index contributed by atoms with van der Waals surface area (Å²) in [6.45, 7) is 0. The minimum atomic E-state index is -2.26. The van der Waals surface area contributed by atoms with E-state index in [0.717, 1.165) is 6.20 Å². The Labute approximate surface area is 65.8 Å². The number of hydrogen-bond donors (Lipinski definition) is 0. The molecule has 0 aliphatic heterocycles. The van der Waals surface area contributed by atoms with Crippen molar-refractivity contribution in [3.8, 4) is 6.07 Å². The second kappa shape index (κ2) is 3.23. The molecule has 0 aromatic carbocycles. The molecule has 1 rings (SSSR count). The van der Waals surface area contributed by atoms with E-state index in [9.17, 15) is 8.76 Å². The van der Waals surface area contributed by atoms with Crippen LogP contribution < -0.4 is 0 Å². The van der Waals surface area contributed by atoms with Gasteiger partial charge < -0.3 is 4.55 Å². The van der Waals surface area contributed by atoms with Gasteiger partial charge in [0.25, 0.3) is 0 Å². The lowest BCUT2D eigenvalue weighted by Gasteiger charge is -2.02. The fourth-order valence-electron chi connectivity index (χ4n) is 0.545. The normalized spacial score (nSPS) is 12.0. The number of aromatic nitrogens is 1. The van der Waals surface area contributed by atoms with Crippen molar-refractivity contribution in [2.24, 2.45) is 0 Å².